The zero-order chi connectivity index (χ0) is 25.7. The summed E-state index contributed by atoms with van der Waals surface area (Å²) in [6.45, 7) is 0. The summed E-state index contributed by atoms with van der Waals surface area (Å²) >= 11 is 0. The maximum atomic E-state index is 12.7. The fourth-order valence-corrected chi connectivity index (χ4v) is 3.60. The summed E-state index contributed by atoms with van der Waals surface area (Å²) in [6, 6.07) is 8.62. The van der Waals surface area contributed by atoms with Gasteiger partial charge in [0.2, 0.25) is 0 Å². The lowest BCUT2D eigenvalue weighted by Gasteiger charge is -2.43. The summed E-state index contributed by atoms with van der Waals surface area (Å²) in [7, 11) is 0. The van der Waals surface area contributed by atoms with E-state index in [1.54, 1.807) is 0 Å². The number of carbonyl (C=O) groups is 3. The molecule has 1 aliphatic rings. The number of carbonyl (C=O) groups excluding carboxylic acids is 3. The van der Waals surface area contributed by atoms with Crippen LogP contribution in [0.25, 0.3) is 0 Å². The van der Waals surface area contributed by atoms with Crippen LogP contribution in [0.5, 0.6) is 0 Å². The van der Waals surface area contributed by atoms with Crippen LogP contribution >= 0.6 is 0 Å². The molecule has 36 heavy (non-hydrogen) atoms. The van der Waals surface area contributed by atoms with E-state index in [0.717, 1.165) is 0 Å². The number of rotatable bonds is 6. The van der Waals surface area contributed by atoms with E-state index in [9.17, 15) is 29.7 Å². The molecule has 0 bridgehead atoms. The van der Waals surface area contributed by atoms with Crippen LogP contribution in [0.1, 0.15) is 31.1 Å². The molecule has 1 fully saturated rings. The fourth-order valence-electron chi connectivity index (χ4n) is 3.60. The molecular weight excluding hydrogens is 474 g/mol. The molecule has 186 valence electrons. The molecule has 3 N–H and O–H groups in total. The van der Waals surface area contributed by atoms with Crippen molar-refractivity contribution in [3.8, 4) is 0 Å². The quantitative estimate of drug-likeness (QED) is 0.307. The van der Waals surface area contributed by atoms with Gasteiger partial charge in [0, 0.05) is 37.2 Å². The monoisotopic (exact) mass is 495 g/mol. The van der Waals surface area contributed by atoms with E-state index in [4.69, 9.17) is 14.2 Å². The van der Waals surface area contributed by atoms with Crippen LogP contribution in [0.2, 0.25) is 0 Å². The third kappa shape index (κ3) is 5.35. The predicted molar refractivity (Wildman–Crippen MR) is 118 cm³/mol. The van der Waals surface area contributed by atoms with Crippen molar-refractivity contribution in [3.63, 3.8) is 0 Å². The maximum Gasteiger partial charge on any atom is 0.340 e. The van der Waals surface area contributed by atoms with E-state index in [0.29, 0.717) is 0 Å². The first-order valence-corrected chi connectivity index (χ1v) is 10.7. The molecule has 4 rings (SSSR count). The lowest BCUT2D eigenvalue weighted by Crippen LogP contribution is -2.66. The lowest BCUT2D eigenvalue weighted by atomic mass is 9.84. The lowest BCUT2D eigenvalue weighted by molar-refractivity contribution is -0.223. The number of ether oxygens (including phenoxy) is 3. The molecule has 1 aliphatic carbocycles. The molecule has 6 atom stereocenters. The average Bonchev–Trinajstić information content (AvgIpc) is 2.92. The second-order valence-electron chi connectivity index (χ2n) is 7.81. The Balaban J connectivity index is 1.61. The molecule has 0 spiro atoms. The average molecular weight is 495 g/mol. The number of aliphatic hydroxyl groups is 3. The summed E-state index contributed by atoms with van der Waals surface area (Å²) in [5, 5.41) is 32.5. The molecule has 0 amide bonds. The Labute approximate surface area is 204 Å². The van der Waals surface area contributed by atoms with Gasteiger partial charge in [-0.1, -0.05) is 0 Å². The van der Waals surface area contributed by atoms with Crippen molar-refractivity contribution in [2.24, 2.45) is 0 Å². The Kier molecular flexibility index (Phi) is 7.59. The van der Waals surface area contributed by atoms with Crippen molar-refractivity contribution in [2.75, 3.05) is 0 Å². The number of aliphatic hydroxyl groups excluding tert-OH is 3. The van der Waals surface area contributed by atoms with Gasteiger partial charge < -0.3 is 29.5 Å². The Bertz CT molecular complexity index is 1200. The molecule has 0 radical (unpaired) electrons. The second kappa shape index (κ2) is 11.0. The SMILES string of the molecule is O=C(O[C@@H]1[C@@H](O)[C@H](OC(=O)c2cccnc2)[C@@H](OC(=O)c2cccnc2)[C@H](O)[C@@H]1O)c1cccnc1. The Morgan fingerprint density at radius 2 is 0.889 bits per heavy atom. The van der Waals surface area contributed by atoms with E-state index < -0.39 is 54.5 Å². The predicted octanol–water partition coefficient (Wildman–Crippen LogP) is -0.0555. The van der Waals surface area contributed by atoms with Gasteiger partial charge in [-0.2, -0.15) is 0 Å². The van der Waals surface area contributed by atoms with E-state index in [1.165, 1.54) is 73.6 Å². The van der Waals surface area contributed by atoms with Crippen LogP contribution in [0, 0.1) is 0 Å². The van der Waals surface area contributed by atoms with Crippen molar-refractivity contribution in [2.45, 2.75) is 36.6 Å². The van der Waals surface area contributed by atoms with E-state index in [1.807, 2.05) is 0 Å². The highest BCUT2D eigenvalue weighted by Crippen LogP contribution is 2.30. The van der Waals surface area contributed by atoms with Gasteiger partial charge in [-0.05, 0) is 36.4 Å². The minimum Gasteiger partial charge on any atom is -0.453 e. The summed E-state index contributed by atoms with van der Waals surface area (Å²) in [5.74, 6) is -2.88. The Morgan fingerprint density at radius 3 is 1.25 bits per heavy atom. The molecule has 3 aromatic heterocycles. The smallest absolute Gasteiger partial charge is 0.340 e. The van der Waals surface area contributed by atoms with Crippen molar-refractivity contribution < 1.29 is 43.9 Å². The highest BCUT2D eigenvalue weighted by Gasteiger charge is 2.55. The van der Waals surface area contributed by atoms with Crippen molar-refractivity contribution >= 4 is 17.9 Å². The first kappa shape index (κ1) is 24.9. The molecule has 0 aliphatic heterocycles. The number of pyridine rings is 3. The molecule has 0 saturated heterocycles. The molecule has 3 aromatic rings. The molecule has 12 heteroatoms. The highest BCUT2D eigenvalue weighted by molar-refractivity contribution is 5.90. The van der Waals surface area contributed by atoms with Crippen LogP contribution in [0.15, 0.2) is 73.6 Å². The number of esters is 3. The molecule has 1 saturated carbocycles. The molecule has 12 nitrogen and oxygen atoms in total. The van der Waals surface area contributed by atoms with Gasteiger partial charge in [-0.15, -0.1) is 0 Å². The molecule has 0 unspecified atom stereocenters. The van der Waals surface area contributed by atoms with Crippen LogP contribution in [0.3, 0.4) is 0 Å². The van der Waals surface area contributed by atoms with Crippen molar-refractivity contribution in [1.82, 2.24) is 15.0 Å². The fraction of sp³-hybridized carbons (Fsp3) is 0.250. The largest absolute Gasteiger partial charge is 0.453 e. The third-order valence-corrected chi connectivity index (χ3v) is 5.44. The third-order valence-electron chi connectivity index (χ3n) is 5.44. The van der Waals surface area contributed by atoms with Crippen LogP contribution < -0.4 is 0 Å². The van der Waals surface area contributed by atoms with Gasteiger partial charge >= 0.3 is 17.9 Å². The number of hydrogen-bond acceptors (Lipinski definition) is 12. The summed E-state index contributed by atoms with van der Waals surface area (Å²) in [4.78, 5) is 49.3. The Hall–Kier alpha value is -4.26. The summed E-state index contributed by atoms with van der Waals surface area (Å²) in [5.41, 5.74) is 0.0307. The van der Waals surface area contributed by atoms with Crippen molar-refractivity contribution in [1.29, 1.82) is 0 Å². The van der Waals surface area contributed by atoms with E-state index >= 15 is 0 Å². The van der Waals surface area contributed by atoms with Crippen LogP contribution in [0.4, 0.5) is 0 Å². The summed E-state index contributed by atoms with van der Waals surface area (Å²) < 4.78 is 15.9. The summed E-state index contributed by atoms with van der Waals surface area (Å²) in [6.07, 6.45) is -2.99. The zero-order valence-electron chi connectivity index (χ0n) is 18.5. The van der Waals surface area contributed by atoms with Gasteiger partial charge in [0.05, 0.1) is 16.7 Å². The minimum atomic E-state index is -1.91. The molecular formula is C24H21N3O9. The second-order valence-corrected chi connectivity index (χ2v) is 7.81. The first-order valence-electron chi connectivity index (χ1n) is 10.7. The van der Waals surface area contributed by atoms with Gasteiger partial charge in [-0.3, -0.25) is 15.0 Å². The van der Waals surface area contributed by atoms with E-state index in [-0.39, 0.29) is 16.7 Å². The Morgan fingerprint density at radius 1 is 0.556 bits per heavy atom. The topological polar surface area (TPSA) is 178 Å². The van der Waals surface area contributed by atoms with Gasteiger partial charge in [0.15, 0.2) is 18.3 Å². The van der Waals surface area contributed by atoms with Crippen LogP contribution in [-0.4, -0.2) is 84.8 Å². The van der Waals surface area contributed by atoms with Gasteiger partial charge in [0.25, 0.3) is 0 Å². The molecule has 3 heterocycles. The number of aromatic nitrogens is 3. The maximum absolute atomic E-state index is 12.7. The van der Waals surface area contributed by atoms with E-state index in [2.05, 4.69) is 15.0 Å². The van der Waals surface area contributed by atoms with Gasteiger partial charge in [-0.25, -0.2) is 14.4 Å². The first-order chi connectivity index (χ1) is 17.4. The highest BCUT2D eigenvalue weighted by atomic mass is 16.6. The van der Waals surface area contributed by atoms with Crippen molar-refractivity contribution in [3.05, 3.63) is 90.3 Å². The molecule has 0 aromatic carbocycles. The number of hydrogen-bond donors (Lipinski definition) is 3. The minimum absolute atomic E-state index is 0.00607. The standard InChI is InChI=1S/C24H21N3O9/c28-16-17(29)20(35-23(32)14-5-2-8-26-11-14)21(36-24(33)15-6-3-9-27-12-15)18(30)19(16)34-22(31)13-4-1-7-25-10-13/h1-12,16-21,28-30H/t16-,17+,18+,19-,20-,21-/m0/s1. The van der Waals surface area contributed by atoms with Crippen LogP contribution in [-0.2, 0) is 14.2 Å². The normalized spacial score (nSPS) is 25.4. The number of nitrogens with zero attached hydrogens (tertiary/aromatic N) is 3. The van der Waals surface area contributed by atoms with Gasteiger partial charge in [0.1, 0.15) is 18.3 Å². The zero-order valence-corrected chi connectivity index (χ0v) is 18.5.